The first-order chi connectivity index (χ1) is 9.76. The maximum Gasteiger partial charge on any atom is 0.232 e. The van der Waals surface area contributed by atoms with Gasteiger partial charge in [-0.25, -0.2) is 0 Å². The van der Waals surface area contributed by atoms with Gasteiger partial charge in [0.2, 0.25) is 5.89 Å². The molecular weight excluding hydrogens is 274 g/mol. The Balaban J connectivity index is 1.70. The number of rotatable bonds is 4. The van der Waals surface area contributed by atoms with Crippen LogP contribution < -0.4 is 10.5 Å². The monoisotopic (exact) mass is 291 g/mol. The van der Waals surface area contributed by atoms with E-state index in [4.69, 9.17) is 15.0 Å². The first-order valence-corrected chi connectivity index (χ1v) is 7.70. The van der Waals surface area contributed by atoms with Crippen LogP contribution in [0.5, 0.6) is 5.75 Å². The number of nitrogens with zero attached hydrogens (tertiary/aromatic N) is 2. The number of thioether (sulfide) groups is 1. The zero-order valence-corrected chi connectivity index (χ0v) is 12.1. The van der Waals surface area contributed by atoms with E-state index in [1.54, 1.807) is 7.11 Å². The van der Waals surface area contributed by atoms with Crippen molar-refractivity contribution in [2.45, 2.75) is 18.4 Å². The molecule has 0 radical (unpaired) electrons. The zero-order chi connectivity index (χ0) is 13.9. The van der Waals surface area contributed by atoms with Crippen molar-refractivity contribution in [3.8, 4) is 5.75 Å². The molecule has 2 heterocycles. The van der Waals surface area contributed by atoms with E-state index in [0.717, 1.165) is 22.8 Å². The molecule has 106 valence electrons. The van der Waals surface area contributed by atoms with Crippen molar-refractivity contribution in [1.82, 2.24) is 10.1 Å². The summed E-state index contributed by atoms with van der Waals surface area (Å²) >= 11 is 1.84. The van der Waals surface area contributed by atoms with E-state index in [1.807, 2.05) is 36.0 Å². The molecule has 1 aliphatic heterocycles. The number of benzene rings is 1. The number of aromatic nitrogens is 2. The Kier molecular flexibility index (Phi) is 3.93. The molecule has 1 aromatic carbocycles. The van der Waals surface area contributed by atoms with Crippen molar-refractivity contribution in [2.24, 2.45) is 5.73 Å². The highest BCUT2D eigenvalue weighted by Gasteiger charge is 2.30. The number of ether oxygens (including phenoxy) is 1. The summed E-state index contributed by atoms with van der Waals surface area (Å²) in [7, 11) is 1.66. The summed E-state index contributed by atoms with van der Waals surface area (Å²) in [6.07, 6.45) is 0.655. The van der Waals surface area contributed by atoms with Crippen LogP contribution in [-0.2, 0) is 6.42 Å². The van der Waals surface area contributed by atoms with Crippen LogP contribution in [0.2, 0.25) is 0 Å². The molecule has 0 amide bonds. The molecule has 0 bridgehead atoms. The van der Waals surface area contributed by atoms with E-state index in [1.165, 1.54) is 0 Å². The third-order valence-electron chi connectivity index (χ3n) is 3.45. The average molecular weight is 291 g/mol. The van der Waals surface area contributed by atoms with Crippen molar-refractivity contribution in [3.05, 3.63) is 41.5 Å². The zero-order valence-electron chi connectivity index (χ0n) is 11.3. The van der Waals surface area contributed by atoms with Gasteiger partial charge < -0.3 is 15.0 Å². The van der Waals surface area contributed by atoms with E-state index in [9.17, 15) is 0 Å². The summed E-state index contributed by atoms with van der Waals surface area (Å²) in [6, 6.07) is 7.99. The lowest BCUT2D eigenvalue weighted by Gasteiger charge is -2.07. The van der Waals surface area contributed by atoms with Crippen molar-refractivity contribution in [1.29, 1.82) is 0 Å². The smallest absolute Gasteiger partial charge is 0.232 e. The largest absolute Gasteiger partial charge is 0.497 e. The van der Waals surface area contributed by atoms with Crippen molar-refractivity contribution < 1.29 is 9.26 Å². The molecule has 3 rings (SSSR count). The lowest BCUT2D eigenvalue weighted by molar-refractivity contribution is 0.349. The SMILES string of the molecule is COc1ccc(Cc2noc(C3CSCC3N)n2)cc1. The summed E-state index contributed by atoms with van der Waals surface area (Å²) in [5.74, 6) is 4.33. The van der Waals surface area contributed by atoms with Gasteiger partial charge in [0, 0.05) is 24.0 Å². The van der Waals surface area contributed by atoms with Crippen molar-refractivity contribution >= 4 is 11.8 Å². The van der Waals surface area contributed by atoms with Gasteiger partial charge in [0.15, 0.2) is 5.82 Å². The normalized spacial score (nSPS) is 22.1. The standard InChI is InChI=1S/C14H17N3O2S/c1-18-10-4-2-9(3-5-10)6-13-16-14(19-17-13)11-7-20-8-12(11)15/h2-5,11-12H,6-8,15H2,1H3. The van der Waals surface area contributed by atoms with Crippen LogP contribution in [-0.4, -0.2) is 34.8 Å². The first-order valence-electron chi connectivity index (χ1n) is 6.55. The minimum absolute atomic E-state index is 0.120. The van der Waals surface area contributed by atoms with Gasteiger partial charge in [-0.3, -0.25) is 0 Å². The highest BCUT2D eigenvalue weighted by molar-refractivity contribution is 7.99. The lowest BCUT2D eigenvalue weighted by Crippen LogP contribution is -2.26. The van der Waals surface area contributed by atoms with Gasteiger partial charge in [-0.15, -0.1) is 0 Å². The highest BCUT2D eigenvalue weighted by atomic mass is 32.2. The molecule has 1 fully saturated rings. The summed E-state index contributed by atoms with van der Waals surface area (Å²) in [5.41, 5.74) is 7.17. The van der Waals surface area contributed by atoms with Gasteiger partial charge in [-0.1, -0.05) is 17.3 Å². The minimum atomic E-state index is 0.120. The van der Waals surface area contributed by atoms with Gasteiger partial charge >= 0.3 is 0 Å². The predicted octanol–water partition coefficient (Wildman–Crippen LogP) is 1.83. The van der Waals surface area contributed by atoms with Crippen LogP contribution in [0, 0.1) is 0 Å². The van der Waals surface area contributed by atoms with Crippen molar-refractivity contribution in [2.75, 3.05) is 18.6 Å². The highest BCUT2D eigenvalue weighted by Crippen LogP contribution is 2.30. The second-order valence-electron chi connectivity index (χ2n) is 4.88. The maximum atomic E-state index is 6.04. The maximum absolute atomic E-state index is 6.04. The van der Waals surface area contributed by atoms with Crippen LogP contribution >= 0.6 is 11.8 Å². The number of hydrogen-bond acceptors (Lipinski definition) is 6. The molecule has 0 spiro atoms. The molecule has 0 aliphatic carbocycles. The number of hydrogen-bond donors (Lipinski definition) is 1. The summed E-state index contributed by atoms with van der Waals surface area (Å²) < 4.78 is 10.5. The summed E-state index contributed by atoms with van der Waals surface area (Å²) in [4.78, 5) is 4.48. The first kappa shape index (κ1) is 13.5. The molecule has 2 N–H and O–H groups in total. The Bertz CT molecular complexity index is 570. The van der Waals surface area contributed by atoms with Gasteiger partial charge in [-0.2, -0.15) is 16.7 Å². The molecule has 2 atom stereocenters. The fourth-order valence-electron chi connectivity index (χ4n) is 2.24. The van der Waals surface area contributed by atoms with Crippen LogP contribution in [0.1, 0.15) is 23.2 Å². The van der Waals surface area contributed by atoms with Crippen LogP contribution in [0.4, 0.5) is 0 Å². The van der Waals surface area contributed by atoms with E-state index < -0.39 is 0 Å². The van der Waals surface area contributed by atoms with Crippen LogP contribution in [0.25, 0.3) is 0 Å². The molecule has 20 heavy (non-hydrogen) atoms. The Morgan fingerprint density at radius 3 is 2.80 bits per heavy atom. The van der Waals surface area contributed by atoms with E-state index in [-0.39, 0.29) is 12.0 Å². The average Bonchev–Trinajstić information content (AvgIpc) is 3.08. The Morgan fingerprint density at radius 2 is 2.15 bits per heavy atom. The predicted molar refractivity (Wildman–Crippen MR) is 78.1 cm³/mol. The Labute approximate surface area is 121 Å². The van der Waals surface area contributed by atoms with Crippen LogP contribution in [0.3, 0.4) is 0 Å². The molecule has 1 aliphatic rings. The molecule has 2 aromatic rings. The Hall–Kier alpha value is -1.53. The molecule has 2 unspecified atom stereocenters. The third-order valence-corrected chi connectivity index (χ3v) is 4.66. The van der Waals surface area contributed by atoms with Gasteiger partial charge in [-0.05, 0) is 17.7 Å². The lowest BCUT2D eigenvalue weighted by atomic mass is 10.1. The molecule has 5 nitrogen and oxygen atoms in total. The molecule has 6 heteroatoms. The van der Waals surface area contributed by atoms with Crippen molar-refractivity contribution in [3.63, 3.8) is 0 Å². The van der Waals surface area contributed by atoms with Gasteiger partial charge in [0.05, 0.1) is 13.0 Å². The van der Waals surface area contributed by atoms with E-state index >= 15 is 0 Å². The Morgan fingerprint density at radius 1 is 1.35 bits per heavy atom. The third kappa shape index (κ3) is 2.81. The fraction of sp³-hybridized carbons (Fsp3) is 0.429. The van der Waals surface area contributed by atoms with Crippen LogP contribution in [0.15, 0.2) is 28.8 Å². The topological polar surface area (TPSA) is 74.2 Å². The summed E-state index contributed by atoms with van der Waals surface area (Å²) in [6.45, 7) is 0. The summed E-state index contributed by atoms with van der Waals surface area (Å²) in [5, 5.41) is 4.05. The molecule has 1 aromatic heterocycles. The molecular formula is C14H17N3O2S. The second kappa shape index (κ2) is 5.85. The quantitative estimate of drug-likeness (QED) is 0.926. The minimum Gasteiger partial charge on any atom is -0.497 e. The fourth-order valence-corrected chi connectivity index (χ4v) is 3.53. The van der Waals surface area contributed by atoms with Gasteiger partial charge in [0.1, 0.15) is 5.75 Å². The van der Waals surface area contributed by atoms with E-state index in [0.29, 0.717) is 18.1 Å². The van der Waals surface area contributed by atoms with Gasteiger partial charge in [0.25, 0.3) is 0 Å². The number of methoxy groups -OCH3 is 1. The molecule has 1 saturated heterocycles. The van der Waals surface area contributed by atoms with E-state index in [2.05, 4.69) is 10.1 Å². The molecule has 0 saturated carbocycles. The second-order valence-corrected chi connectivity index (χ2v) is 5.96. The number of nitrogens with two attached hydrogens (primary N) is 1.